The Balaban J connectivity index is 1.98. The molecule has 130 valence electrons. The summed E-state index contributed by atoms with van der Waals surface area (Å²) in [5.41, 5.74) is 0.804. The molecule has 1 heterocycles. The molecule has 1 amide bonds. The third kappa shape index (κ3) is 5.96. The Bertz CT molecular complexity index is 651. The van der Waals surface area contributed by atoms with E-state index in [1.54, 1.807) is 23.1 Å². The fourth-order valence-corrected chi connectivity index (χ4v) is 4.47. The van der Waals surface area contributed by atoms with E-state index in [9.17, 15) is 4.79 Å². The van der Waals surface area contributed by atoms with Gasteiger partial charge < -0.3 is 10.2 Å². The van der Waals surface area contributed by atoms with E-state index in [1.807, 2.05) is 24.3 Å². The Labute approximate surface area is 153 Å². The van der Waals surface area contributed by atoms with Gasteiger partial charge in [0.1, 0.15) is 0 Å². The molecule has 0 aliphatic carbocycles. The number of nitrogens with one attached hydrogen (secondary N) is 1. The highest BCUT2D eigenvalue weighted by Gasteiger charge is 2.21. The molecule has 0 fully saturated rings. The zero-order valence-corrected chi connectivity index (χ0v) is 16.5. The maximum Gasteiger partial charge on any atom is 0.252 e. The van der Waals surface area contributed by atoms with Gasteiger partial charge in [-0.15, -0.1) is 23.1 Å². The Morgan fingerprint density at radius 3 is 2.62 bits per heavy atom. The van der Waals surface area contributed by atoms with Crippen LogP contribution in [-0.2, 0) is 5.75 Å². The third-order valence-electron chi connectivity index (χ3n) is 3.55. The summed E-state index contributed by atoms with van der Waals surface area (Å²) in [7, 11) is 4.11. The summed E-state index contributed by atoms with van der Waals surface area (Å²) in [6.07, 6.45) is 0. The van der Waals surface area contributed by atoms with Crippen LogP contribution in [0.25, 0.3) is 0 Å². The van der Waals surface area contributed by atoms with E-state index in [-0.39, 0.29) is 11.3 Å². The van der Waals surface area contributed by atoms with Gasteiger partial charge in [-0.3, -0.25) is 4.79 Å². The molecular weight excluding hydrogens is 336 g/mol. The number of thioether (sulfide) groups is 1. The highest BCUT2D eigenvalue weighted by atomic mass is 32.2. The lowest BCUT2D eigenvalue weighted by atomic mass is 9.93. The van der Waals surface area contributed by atoms with Gasteiger partial charge in [0, 0.05) is 28.6 Å². The van der Waals surface area contributed by atoms with Crippen molar-refractivity contribution in [1.29, 1.82) is 0 Å². The van der Waals surface area contributed by atoms with Gasteiger partial charge in [-0.2, -0.15) is 0 Å². The first-order valence-corrected chi connectivity index (χ1v) is 9.91. The van der Waals surface area contributed by atoms with E-state index in [0.717, 1.165) is 22.8 Å². The van der Waals surface area contributed by atoms with Crippen LogP contribution in [0.2, 0.25) is 0 Å². The van der Waals surface area contributed by atoms with Crippen molar-refractivity contribution in [2.75, 3.05) is 27.2 Å². The fraction of sp³-hybridized carbons (Fsp3) is 0.421. The molecule has 3 nitrogen and oxygen atoms in total. The van der Waals surface area contributed by atoms with Gasteiger partial charge in [0.05, 0.1) is 5.56 Å². The zero-order valence-electron chi connectivity index (χ0n) is 14.8. The lowest BCUT2D eigenvalue weighted by Crippen LogP contribution is -2.40. The van der Waals surface area contributed by atoms with E-state index in [4.69, 9.17) is 0 Å². The minimum absolute atomic E-state index is 0.0103. The molecule has 0 saturated heterocycles. The molecule has 0 atom stereocenters. The van der Waals surface area contributed by atoms with E-state index in [0.29, 0.717) is 6.54 Å². The molecule has 0 aliphatic heterocycles. The second-order valence-corrected chi connectivity index (χ2v) is 9.00. The largest absolute Gasteiger partial charge is 0.351 e. The standard InChI is InChI=1S/C19H26N2OS2/c1-19(2,14-21(3)4)13-20-18(22)16-9-5-6-10-17(16)24-12-15-8-7-11-23-15/h5-11H,12-14H2,1-4H3,(H,20,22). The van der Waals surface area contributed by atoms with E-state index in [2.05, 4.69) is 55.7 Å². The second-order valence-electron chi connectivity index (χ2n) is 6.95. The van der Waals surface area contributed by atoms with Gasteiger partial charge in [0.2, 0.25) is 0 Å². The number of amides is 1. The van der Waals surface area contributed by atoms with Crippen molar-refractivity contribution in [2.24, 2.45) is 5.41 Å². The predicted molar refractivity (Wildman–Crippen MR) is 105 cm³/mol. The molecule has 0 bridgehead atoms. The number of carbonyl (C=O) groups excluding carboxylic acids is 1. The van der Waals surface area contributed by atoms with Crippen LogP contribution in [0, 0.1) is 5.41 Å². The number of hydrogen-bond donors (Lipinski definition) is 1. The summed E-state index contributed by atoms with van der Waals surface area (Å²) in [6, 6.07) is 12.0. The maximum absolute atomic E-state index is 12.6. The van der Waals surface area contributed by atoms with Crippen molar-refractivity contribution in [3.63, 3.8) is 0 Å². The van der Waals surface area contributed by atoms with E-state index < -0.39 is 0 Å². The van der Waals surface area contributed by atoms with Crippen molar-refractivity contribution < 1.29 is 4.79 Å². The molecular formula is C19H26N2OS2. The van der Waals surface area contributed by atoms with Crippen molar-refractivity contribution >= 4 is 29.0 Å². The van der Waals surface area contributed by atoms with Crippen LogP contribution in [0.4, 0.5) is 0 Å². The molecule has 24 heavy (non-hydrogen) atoms. The van der Waals surface area contributed by atoms with Crippen molar-refractivity contribution in [2.45, 2.75) is 24.5 Å². The number of hydrogen-bond acceptors (Lipinski definition) is 4. The molecule has 5 heteroatoms. The van der Waals surface area contributed by atoms with Gasteiger partial charge in [0.25, 0.3) is 5.91 Å². The van der Waals surface area contributed by atoms with Crippen LogP contribution >= 0.6 is 23.1 Å². The van der Waals surface area contributed by atoms with Crippen LogP contribution < -0.4 is 5.32 Å². The minimum Gasteiger partial charge on any atom is -0.351 e. The number of benzene rings is 1. The lowest BCUT2D eigenvalue weighted by molar-refractivity contribution is 0.0926. The molecule has 2 rings (SSSR count). The van der Waals surface area contributed by atoms with Crippen molar-refractivity contribution in [3.8, 4) is 0 Å². The molecule has 0 radical (unpaired) electrons. The summed E-state index contributed by atoms with van der Waals surface area (Å²) in [5, 5.41) is 5.19. The highest BCUT2D eigenvalue weighted by molar-refractivity contribution is 7.98. The average Bonchev–Trinajstić information content (AvgIpc) is 3.03. The summed E-state index contributed by atoms with van der Waals surface area (Å²) >= 11 is 3.47. The van der Waals surface area contributed by atoms with Crippen molar-refractivity contribution in [1.82, 2.24) is 10.2 Å². The topological polar surface area (TPSA) is 32.3 Å². The Morgan fingerprint density at radius 2 is 1.96 bits per heavy atom. The Kier molecular flexibility index (Phi) is 6.90. The van der Waals surface area contributed by atoms with Gasteiger partial charge in [-0.1, -0.05) is 32.0 Å². The zero-order chi connectivity index (χ0) is 17.6. The fourth-order valence-electron chi connectivity index (χ4n) is 2.65. The van der Waals surface area contributed by atoms with E-state index >= 15 is 0 Å². The predicted octanol–water partition coefficient (Wildman–Crippen LogP) is 4.36. The molecule has 0 saturated carbocycles. The molecule has 0 spiro atoms. The summed E-state index contributed by atoms with van der Waals surface area (Å²) in [5.74, 6) is 0.907. The van der Waals surface area contributed by atoms with Gasteiger partial charge in [-0.05, 0) is 43.1 Å². The van der Waals surface area contributed by atoms with Crippen molar-refractivity contribution in [3.05, 3.63) is 52.2 Å². The third-order valence-corrected chi connectivity index (χ3v) is 5.73. The summed E-state index contributed by atoms with van der Waals surface area (Å²) in [6.45, 7) is 5.94. The van der Waals surface area contributed by atoms with Gasteiger partial charge >= 0.3 is 0 Å². The minimum atomic E-state index is 0.0103. The second kappa shape index (κ2) is 8.70. The van der Waals surface area contributed by atoms with Crippen LogP contribution in [0.5, 0.6) is 0 Å². The number of thiophene rings is 1. The molecule has 0 aliphatic rings. The molecule has 2 aromatic rings. The number of nitrogens with zero attached hydrogens (tertiary/aromatic N) is 1. The number of carbonyl (C=O) groups is 1. The molecule has 0 unspecified atom stereocenters. The molecule has 1 aromatic carbocycles. The van der Waals surface area contributed by atoms with Gasteiger partial charge in [0.15, 0.2) is 0 Å². The quantitative estimate of drug-likeness (QED) is 0.708. The average molecular weight is 363 g/mol. The monoisotopic (exact) mass is 362 g/mol. The molecule has 1 N–H and O–H groups in total. The normalized spacial score (nSPS) is 11.7. The Morgan fingerprint density at radius 1 is 1.21 bits per heavy atom. The van der Waals surface area contributed by atoms with Crippen LogP contribution in [-0.4, -0.2) is 38.0 Å². The lowest BCUT2D eigenvalue weighted by Gasteiger charge is -2.28. The van der Waals surface area contributed by atoms with E-state index in [1.165, 1.54) is 4.88 Å². The van der Waals surface area contributed by atoms with Gasteiger partial charge in [-0.25, -0.2) is 0 Å². The van der Waals surface area contributed by atoms with Crippen LogP contribution in [0.3, 0.4) is 0 Å². The first kappa shape index (κ1) is 19.0. The first-order valence-electron chi connectivity index (χ1n) is 8.04. The van der Waals surface area contributed by atoms with Crippen LogP contribution in [0.15, 0.2) is 46.7 Å². The summed E-state index contributed by atoms with van der Waals surface area (Å²) < 4.78 is 0. The molecule has 1 aromatic heterocycles. The summed E-state index contributed by atoms with van der Waals surface area (Å²) in [4.78, 5) is 17.1. The number of rotatable bonds is 8. The SMILES string of the molecule is CN(C)CC(C)(C)CNC(=O)c1ccccc1SCc1cccs1. The maximum atomic E-state index is 12.6. The first-order chi connectivity index (χ1) is 11.4. The highest BCUT2D eigenvalue weighted by Crippen LogP contribution is 2.28. The smallest absolute Gasteiger partial charge is 0.252 e. The van der Waals surface area contributed by atoms with Crippen LogP contribution in [0.1, 0.15) is 29.1 Å². The Hall–Kier alpha value is -1.30.